The molecule has 6 heteroatoms. The van der Waals surface area contributed by atoms with E-state index in [0.717, 1.165) is 23.4 Å². The fourth-order valence-electron chi connectivity index (χ4n) is 2.84. The highest BCUT2D eigenvalue weighted by atomic mass is 79.9. The van der Waals surface area contributed by atoms with Gasteiger partial charge in [0.15, 0.2) is 5.82 Å². The van der Waals surface area contributed by atoms with E-state index in [1.165, 1.54) is 6.42 Å². The molecule has 0 aromatic carbocycles. The third-order valence-corrected chi connectivity index (χ3v) is 4.23. The number of rotatable bonds is 2. The van der Waals surface area contributed by atoms with Gasteiger partial charge < -0.3 is 4.52 Å². The number of hydrogen-bond donors (Lipinski definition) is 0. The Kier molecular flexibility index (Phi) is 3.84. The van der Waals surface area contributed by atoms with Crippen molar-refractivity contribution in [3.05, 3.63) is 28.6 Å². The molecule has 112 valence electrons. The van der Waals surface area contributed by atoms with Crippen molar-refractivity contribution in [2.24, 2.45) is 0 Å². The van der Waals surface area contributed by atoms with E-state index in [1.807, 2.05) is 18.2 Å². The molecule has 2 aromatic rings. The normalized spacial score (nSPS) is 20.1. The third kappa shape index (κ3) is 3.01. The number of aromatic nitrogens is 3. The summed E-state index contributed by atoms with van der Waals surface area (Å²) in [5.41, 5.74) is 0.805. The van der Waals surface area contributed by atoms with Gasteiger partial charge in [0.2, 0.25) is 0 Å². The second-order valence-corrected chi connectivity index (χ2v) is 7.14. The predicted molar refractivity (Wildman–Crippen MR) is 83.7 cm³/mol. The molecule has 0 amide bonds. The average molecular weight is 351 g/mol. The molecule has 0 aliphatic carbocycles. The first-order valence-corrected chi connectivity index (χ1v) is 7.98. The standard InChI is InChI=1S/C15H19BrN4O/c1-15(2,3)20-9-5-7-11(20)13-18-14(21-19-13)10-6-4-8-12(16)17-10/h4,6,8,11H,5,7,9H2,1-3H3. The Bertz CT molecular complexity index is 635. The lowest BCUT2D eigenvalue weighted by Crippen LogP contribution is -2.40. The summed E-state index contributed by atoms with van der Waals surface area (Å²) >= 11 is 3.36. The second kappa shape index (κ2) is 5.50. The van der Waals surface area contributed by atoms with Gasteiger partial charge in [-0.1, -0.05) is 11.2 Å². The van der Waals surface area contributed by atoms with E-state index in [2.05, 4.69) is 56.7 Å². The first-order chi connectivity index (χ1) is 9.95. The monoisotopic (exact) mass is 350 g/mol. The molecule has 1 aliphatic rings. The highest BCUT2D eigenvalue weighted by Gasteiger charge is 2.36. The van der Waals surface area contributed by atoms with Crippen LogP contribution in [0.1, 0.15) is 45.5 Å². The first-order valence-electron chi connectivity index (χ1n) is 7.18. The van der Waals surface area contributed by atoms with Gasteiger partial charge in [-0.25, -0.2) is 4.98 Å². The van der Waals surface area contributed by atoms with Crippen LogP contribution in [0.15, 0.2) is 27.3 Å². The summed E-state index contributed by atoms with van der Waals surface area (Å²) in [6, 6.07) is 5.89. The second-order valence-electron chi connectivity index (χ2n) is 6.33. The molecule has 1 atom stereocenters. The number of nitrogens with zero attached hydrogens (tertiary/aromatic N) is 4. The fourth-order valence-corrected chi connectivity index (χ4v) is 3.18. The molecule has 21 heavy (non-hydrogen) atoms. The van der Waals surface area contributed by atoms with Gasteiger partial charge in [0.25, 0.3) is 5.89 Å². The van der Waals surface area contributed by atoms with E-state index >= 15 is 0 Å². The van der Waals surface area contributed by atoms with Crippen molar-refractivity contribution in [2.75, 3.05) is 6.54 Å². The summed E-state index contributed by atoms with van der Waals surface area (Å²) in [5, 5.41) is 4.18. The van der Waals surface area contributed by atoms with Gasteiger partial charge in [-0.2, -0.15) is 4.98 Å². The zero-order chi connectivity index (χ0) is 15.0. The van der Waals surface area contributed by atoms with Gasteiger partial charge in [-0.15, -0.1) is 0 Å². The van der Waals surface area contributed by atoms with Crippen LogP contribution in [-0.2, 0) is 0 Å². The van der Waals surface area contributed by atoms with Gasteiger partial charge in [-0.05, 0) is 68.2 Å². The highest BCUT2D eigenvalue weighted by Crippen LogP contribution is 2.36. The van der Waals surface area contributed by atoms with Crippen LogP contribution < -0.4 is 0 Å². The summed E-state index contributed by atoms with van der Waals surface area (Å²) in [7, 11) is 0. The molecule has 1 saturated heterocycles. The van der Waals surface area contributed by atoms with E-state index in [9.17, 15) is 0 Å². The first kappa shape index (κ1) is 14.7. The molecule has 1 unspecified atom stereocenters. The van der Waals surface area contributed by atoms with Gasteiger partial charge in [0, 0.05) is 5.54 Å². The Morgan fingerprint density at radius 1 is 1.29 bits per heavy atom. The number of hydrogen-bond acceptors (Lipinski definition) is 5. The van der Waals surface area contributed by atoms with Crippen molar-refractivity contribution in [2.45, 2.75) is 45.2 Å². The summed E-state index contributed by atoms with van der Waals surface area (Å²) in [6.45, 7) is 7.75. The van der Waals surface area contributed by atoms with Crippen LogP contribution in [0, 0.1) is 0 Å². The molecule has 0 saturated carbocycles. The van der Waals surface area contributed by atoms with Crippen molar-refractivity contribution in [3.8, 4) is 11.6 Å². The minimum atomic E-state index is 0.107. The quantitative estimate of drug-likeness (QED) is 0.770. The van der Waals surface area contributed by atoms with Gasteiger partial charge in [-0.3, -0.25) is 4.90 Å². The SMILES string of the molecule is CC(C)(C)N1CCCC1c1noc(-c2cccc(Br)n2)n1. The topological polar surface area (TPSA) is 55.1 Å². The Labute approximate surface area is 132 Å². The van der Waals surface area contributed by atoms with E-state index in [-0.39, 0.29) is 11.6 Å². The molecule has 1 aliphatic heterocycles. The maximum atomic E-state index is 5.41. The zero-order valence-corrected chi connectivity index (χ0v) is 14.1. The molecule has 3 heterocycles. The minimum absolute atomic E-state index is 0.107. The predicted octanol–water partition coefficient (Wildman–Crippen LogP) is 3.83. The summed E-state index contributed by atoms with van der Waals surface area (Å²) < 4.78 is 6.17. The van der Waals surface area contributed by atoms with Gasteiger partial charge >= 0.3 is 0 Å². The van der Waals surface area contributed by atoms with Crippen LogP contribution in [0.2, 0.25) is 0 Å². The number of halogens is 1. The smallest absolute Gasteiger partial charge is 0.276 e. The van der Waals surface area contributed by atoms with Crippen molar-refractivity contribution < 1.29 is 4.52 Å². The lowest BCUT2D eigenvalue weighted by Gasteiger charge is -2.35. The van der Waals surface area contributed by atoms with Crippen molar-refractivity contribution in [1.29, 1.82) is 0 Å². The van der Waals surface area contributed by atoms with Crippen LogP contribution in [0.25, 0.3) is 11.6 Å². The van der Waals surface area contributed by atoms with Crippen LogP contribution in [0.4, 0.5) is 0 Å². The van der Waals surface area contributed by atoms with E-state index < -0.39 is 0 Å². The summed E-state index contributed by atoms with van der Waals surface area (Å²) in [4.78, 5) is 11.4. The van der Waals surface area contributed by atoms with Crippen molar-refractivity contribution >= 4 is 15.9 Å². The summed E-state index contributed by atoms with van der Waals surface area (Å²) in [5.74, 6) is 1.24. The molecule has 0 spiro atoms. The van der Waals surface area contributed by atoms with Crippen LogP contribution in [0.5, 0.6) is 0 Å². The maximum absolute atomic E-state index is 5.41. The average Bonchev–Trinajstić information content (AvgIpc) is 3.07. The largest absolute Gasteiger partial charge is 0.332 e. The van der Waals surface area contributed by atoms with Crippen molar-refractivity contribution in [3.63, 3.8) is 0 Å². The Balaban J connectivity index is 1.88. The number of likely N-dealkylation sites (tertiary alicyclic amines) is 1. The van der Waals surface area contributed by atoms with Crippen LogP contribution >= 0.6 is 15.9 Å². The molecule has 0 bridgehead atoms. The van der Waals surface area contributed by atoms with Gasteiger partial charge in [0.05, 0.1) is 6.04 Å². The van der Waals surface area contributed by atoms with Crippen LogP contribution in [0.3, 0.4) is 0 Å². The zero-order valence-electron chi connectivity index (χ0n) is 12.5. The van der Waals surface area contributed by atoms with Crippen molar-refractivity contribution in [1.82, 2.24) is 20.0 Å². The van der Waals surface area contributed by atoms with E-state index in [1.54, 1.807) is 0 Å². The number of pyridine rings is 1. The molecule has 2 aromatic heterocycles. The highest BCUT2D eigenvalue weighted by molar-refractivity contribution is 9.10. The van der Waals surface area contributed by atoms with E-state index in [0.29, 0.717) is 11.6 Å². The molecular weight excluding hydrogens is 332 g/mol. The maximum Gasteiger partial charge on any atom is 0.276 e. The third-order valence-electron chi connectivity index (χ3n) is 3.79. The minimum Gasteiger partial charge on any atom is -0.332 e. The molecule has 5 nitrogen and oxygen atoms in total. The Hall–Kier alpha value is -1.27. The van der Waals surface area contributed by atoms with E-state index in [4.69, 9.17) is 4.52 Å². The molecular formula is C15H19BrN4O. The Morgan fingerprint density at radius 3 is 2.81 bits per heavy atom. The molecule has 3 rings (SSSR count). The fraction of sp³-hybridized carbons (Fsp3) is 0.533. The molecule has 0 radical (unpaired) electrons. The molecule has 0 N–H and O–H groups in total. The lowest BCUT2D eigenvalue weighted by atomic mass is 10.0. The molecule has 1 fully saturated rings. The van der Waals surface area contributed by atoms with Crippen LogP contribution in [-0.4, -0.2) is 32.1 Å². The summed E-state index contributed by atoms with van der Waals surface area (Å²) in [6.07, 6.45) is 2.24. The lowest BCUT2D eigenvalue weighted by molar-refractivity contribution is 0.115. The Morgan fingerprint density at radius 2 is 2.10 bits per heavy atom. The van der Waals surface area contributed by atoms with Gasteiger partial charge in [0.1, 0.15) is 10.3 Å².